The van der Waals surface area contributed by atoms with Crippen molar-refractivity contribution >= 4 is 0 Å². The van der Waals surface area contributed by atoms with Crippen LogP contribution in [0.2, 0.25) is 0 Å². The zero-order valence-electron chi connectivity index (χ0n) is 6.77. The first-order valence-electron chi connectivity index (χ1n) is 3.19. The lowest BCUT2D eigenvalue weighted by Crippen LogP contribution is -2.18. The van der Waals surface area contributed by atoms with E-state index in [0.717, 1.165) is 0 Å². The summed E-state index contributed by atoms with van der Waals surface area (Å²) in [6.45, 7) is 9.36. The average molecular weight is 139 g/mol. The van der Waals surface area contributed by atoms with Crippen LogP contribution in [-0.4, -0.2) is 5.60 Å². The normalized spacial score (nSPS) is 10.2. The van der Waals surface area contributed by atoms with Crippen LogP contribution in [0.25, 0.3) is 0 Å². The molecule has 0 atom stereocenters. The Bertz CT molecular complexity index is 159. The van der Waals surface area contributed by atoms with Gasteiger partial charge in [-0.3, -0.25) is 0 Å². The molecule has 0 heterocycles. The quantitative estimate of drug-likeness (QED) is 0.549. The average Bonchev–Trinajstić information content (AvgIpc) is 1.59. The number of hydrogen-bond donors (Lipinski definition) is 0. The van der Waals surface area contributed by atoms with Crippen molar-refractivity contribution in [2.24, 2.45) is 0 Å². The van der Waals surface area contributed by atoms with Gasteiger partial charge in [0.1, 0.15) is 11.4 Å². The Labute approximate surface area is 62.1 Å². The second-order valence-corrected chi connectivity index (χ2v) is 3.09. The lowest BCUT2D eigenvalue weighted by molar-refractivity contribution is 0.0511. The maximum absolute atomic E-state index is 8.24. The maximum atomic E-state index is 8.24. The van der Waals surface area contributed by atoms with Gasteiger partial charge < -0.3 is 4.74 Å². The molecule has 0 radical (unpaired) electrons. The second kappa shape index (κ2) is 3.26. The molecule has 0 saturated heterocycles. The Balaban J connectivity index is 3.72. The molecule has 0 fully saturated rings. The van der Waals surface area contributed by atoms with Crippen LogP contribution in [0.3, 0.4) is 0 Å². The molecular weight excluding hydrogens is 126 g/mol. The zero-order chi connectivity index (χ0) is 8.20. The summed E-state index contributed by atoms with van der Waals surface area (Å²) in [5.41, 5.74) is -0.228. The molecule has 10 heavy (non-hydrogen) atoms. The molecule has 2 heteroatoms. The Morgan fingerprint density at radius 2 is 2.10 bits per heavy atom. The summed E-state index contributed by atoms with van der Waals surface area (Å²) < 4.78 is 5.26. The molecule has 0 rings (SSSR count). The van der Waals surface area contributed by atoms with E-state index >= 15 is 0 Å². The molecule has 0 spiro atoms. The minimum absolute atomic E-state index is 0.228. The largest absolute Gasteiger partial charge is 0.492 e. The van der Waals surface area contributed by atoms with Crippen molar-refractivity contribution in [1.82, 2.24) is 0 Å². The summed E-state index contributed by atoms with van der Waals surface area (Å²) >= 11 is 0. The Morgan fingerprint density at radius 3 is 2.40 bits per heavy atom. The smallest absolute Gasteiger partial charge is 0.104 e. The monoisotopic (exact) mass is 139 g/mol. The summed E-state index contributed by atoms with van der Waals surface area (Å²) in [7, 11) is 0. The molecule has 2 nitrogen and oxygen atoms in total. The lowest BCUT2D eigenvalue weighted by atomic mass is 10.2. The van der Waals surface area contributed by atoms with E-state index in [1.807, 2.05) is 26.8 Å². The van der Waals surface area contributed by atoms with Crippen molar-refractivity contribution in [2.45, 2.75) is 32.8 Å². The molecule has 0 aromatic carbocycles. The van der Waals surface area contributed by atoms with Crippen LogP contribution in [0.5, 0.6) is 0 Å². The Hall–Kier alpha value is -0.970. The lowest BCUT2D eigenvalue weighted by Gasteiger charge is -2.21. The van der Waals surface area contributed by atoms with E-state index in [9.17, 15) is 0 Å². The van der Waals surface area contributed by atoms with Gasteiger partial charge in [0.15, 0.2) is 0 Å². The van der Waals surface area contributed by atoms with Gasteiger partial charge in [-0.2, -0.15) is 5.26 Å². The number of allylic oxidation sites excluding steroid dienone is 1. The van der Waals surface area contributed by atoms with Gasteiger partial charge in [0, 0.05) is 0 Å². The van der Waals surface area contributed by atoms with E-state index < -0.39 is 0 Å². The summed E-state index contributed by atoms with van der Waals surface area (Å²) in [6, 6.07) is 1.97. The predicted octanol–water partition coefficient (Wildman–Crippen LogP) is 2.23. The standard InChI is InChI=1S/C8H13NO/c1-7(5-6-9)10-8(2,3)4/h1,5H2,2-4H3. The summed E-state index contributed by atoms with van der Waals surface area (Å²) in [6.07, 6.45) is 0.275. The van der Waals surface area contributed by atoms with Crippen LogP contribution in [0, 0.1) is 11.3 Å². The van der Waals surface area contributed by atoms with Gasteiger partial charge in [0.25, 0.3) is 0 Å². The van der Waals surface area contributed by atoms with Gasteiger partial charge in [-0.15, -0.1) is 0 Å². The first-order valence-corrected chi connectivity index (χ1v) is 3.19. The first kappa shape index (κ1) is 9.03. The molecule has 0 saturated carbocycles. The van der Waals surface area contributed by atoms with E-state index in [-0.39, 0.29) is 12.0 Å². The van der Waals surface area contributed by atoms with Crippen molar-refractivity contribution in [2.75, 3.05) is 0 Å². The minimum Gasteiger partial charge on any atom is -0.492 e. The molecule has 0 amide bonds. The van der Waals surface area contributed by atoms with E-state index in [0.29, 0.717) is 5.76 Å². The summed E-state index contributed by atoms with van der Waals surface area (Å²) in [4.78, 5) is 0. The van der Waals surface area contributed by atoms with Gasteiger partial charge in [0.05, 0.1) is 12.5 Å². The molecule has 0 aliphatic heterocycles. The Morgan fingerprint density at radius 1 is 1.60 bits per heavy atom. The number of nitriles is 1. The molecule has 56 valence electrons. The van der Waals surface area contributed by atoms with Crippen LogP contribution >= 0.6 is 0 Å². The van der Waals surface area contributed by atoms with E-state index in [4.69, 9.17) is 10.00 Å². The Kier molecular flexibility index (Phi) is 2.95. The van der Waals surface area contributed by atoms with E-state index in [1.54, 1.807) is 0 Å². The van der Waals surface area contributed by atoms with Gasteiger partial charge >= 0.3 is 0 Å². The highest BCUT2D eigenvalue weighted by molar-refractivity contribution is 4.94. The van der Waals surface area contributed by atoms with Crippen LogP contribution in [0.15, 0.2) is 12.3 Å². The van der Waals surface area contributed by atoms with Crippen molar-refractivity contribution in [3.8, 4) is 6.07 Å². The molecular formula is C8H13NO. The number of rotatable bonds is 2. The van der Waals surface area contributed by atoms with Crippen molar-refractivity contribution in [1.29, 1.82) is 5.26 Å². The topological polar surface area (TPSA) is 33.0 Å². The molecule has 0 aromatic rings. The zero-order valence-corrected chi connectivity index (χ0v) is 6.77. The third-order valence-electron chi connectivity index (χ3n) is 0.727. The minimum atomic E-state index is -0.228. The first-order chi connectivity index (χ1) is 4.45. The number of ether oxygens (including phenoxy) is 1. The maximum Gasteiger partial charge on any atom is 0.104 e. The third kappa shape index (κ3) is 5.17. The van der Waals surface area contributed by atoms with E-state index in [1.165, 1.54) is 0 Å². The molecule has 0 bridgehead atoms. The highest BCUT2D eigenvalue weighted by Gasteiger charge is 2.11. The SMILES string of the molecule is C=C(CC#N)OC(C)(C)C. The van der Waals surface area contributed by atoms with Crippen molar-refractivity contribution in [3.63, 3.8) is 0 Å². The molecule has 0 aliphatic rings. The van der Waals surface area contributed by atoms with Crippen molar-refractivity contribution < 1.29 is 4.74 Å². The van der Waals surface area contributed by atoms with Gasteiger partial charge in [-0.05, 0) is 20.8 Å². The fourth-order valence-electron chi connectivity index (χ4n) is 0.557. The predicted molar refractivity (Wildman–Crippen MR) is 40.2 cm³/mol. The van der Waals surface area contributed by atoms with Crippen LogP contribution in [0.4, 0.5) is 0 Å². The summed E-state index contributed by atoms with van der Waals surface area (Å²) in [5, 5.41) is 8.24. The molecule has 0 aromatic heterocycles. The van der Waals surface area contributed by atoms with Gasteiger partial charge in [0.2, 0.25) is 0 Å². The van der Waals surface area contributed by atoms with Crippen LogP contribution in [0.1, 0.15) is 27.2 Å². The third-order valence-corrected chi connectivity index (χ3v) is 0.727. The molecule has 0 N–H and O–H groups in total. The van der Waals surface area contributed by atoms with E-state index in [2.05, 4.69) is 6.58 Å². The second-order valence-electron chi connectivity index (χ2n) is 3.09. The van der Waals surface area contributed by atoms with Crippen molar-refractivity contribution in [3.05, 3.63) is 12.3 Å². The summed E-state index contributed by atoms with van der Waals surface area (Å²) in [5.74, 6) is 0.537. The van der Waals surface area contributed by atoms with Gasteiger partial charge in [-0.25, -0.2) is 0 Å². The fraction of sp³-hybridized carbons (Fsp3) is 0.625. The van der Waals surface area contributed by atoms with Crippen LogP contribution in [-0.2, 0) is 4.74 Å². The number of hydrogen-bond acceptors (Lipinski definition) is 2. The van der Waals surface area contributed by atoms with Crippen LogP contribution < -0.4 is 0 Å². The fourth-order valence-corrected chi connectivity index (χ4v) is 0.557. The van der Waals surface area contributed by atoms with Gasteiger partial charge in [-0.1, -0.05) is 6.58 Å². The highest BCUT2D eigenvalue weighted by atomic mass is 16.5. The molecule has 0 aliphatic carbocycles. The number of nitrogens with zero attached hydrogens (tertiary/aromatic N) is 1. The highest BCUT2D eigenvalue weighted by Crippen LogP contribution is 2.13. The molecule has 0 unspecified atom stereocenters.